The lowest BCUT2D eigenvalue weighted by molar-refractivity contribution is -0.122. The Kier molecular flexibility index (Phi) is 7.70. The summed E-state index contributed by atoms with van der Waals surface area (Å²) >= 11 is 0. The average Bonchev–Trinajstić information content (AvgIpc) is 2.68. The van der Waals surface area contributed by atoms with Crippen LogP contribution in [0.25, 0.3) is 0 Å². The number of rotatable bonds is 8. The summed E-state index contributed by atoms with van der Waals surface area (Å²) in [6, 6.07) is 12.8. The van der Waals surface area contributed by atoms with Crippen LogP contribution in [0.15, 0.2) is 48.5 Å². The summed E-state index contributed by atoms with van der Waals surface area (Å²) in [5.41, 5.74) is 2.42. The third-order valence-electron chi connectivity index (χ3n) is 4.92. The highest BCUT2D eigenvalue weighted by molar-refractivity contribution is 5.96. The van der Waals surface area contributed by atoms with E-state index < -0.39 is 6.04 Å². The Morgan fingerprint density at radius 2 is 1.68 bits per heavy atom. The molecule has 2 rings (SSSR count). The number of nitrogens with zero attached hydrogens (tertiary/aromatic N) is 1. The van der Waals surface area contributed by atoms with Gasteiger partial charge in [0.25, 0.3) is 0 Å². The SMILES string of the molecule is CC[C@@H](C)c1ccccc1NC(=O)[C@H](C)N(C)CC(=O)Nc1ccc(F)cc1. The molecule has 2 aromatic carbocycles. The van der Waals surface area contributed by atoms with Crippen LogP contribution in [0.4, 0.5) is 15.8 Å². The summed E-state index contributed by atoms with van der Waals surface area (Å²) in [6.45, 7) is 6.03. The highest BCUT2D eigenvalue weighted by Crippen LogP contribution is 2.26. The van der Waals surface area contributed by atoms with Crippen molar-refractivity contribution in [3.05, 3.63) is 59.9 Å². The summed E-state index contributed by atoms with van der Waals surface area (Å²) in [7, 11) is 1.72. The van der Waals surface area contributed by atoms with E-state index in [1.165, 1.54) is 24.3 Å². The van der Waals surface area contributed by atoms with Crippen molar-refractivity contribution in [3.63, 3.8) is 0 Å². The molecule has 0 unspecified atom stereocenters. The van der Waals surface area contributed by atoms with Crippen molar-refractivity contribution in [2.75, 3.05) is 24.2 Å². The molecular weight excluding hydrogens is 357 g/mol. The van der Waals surface area contributed by atoms with E-state index in [2.05, 4.69) is 24.5 Å². The second-order valence-electron chi connectivity index (χ2n) is 7.03. The molecule has 6 heteroatoms. The number of carbonyl (C=O) groups excluding carboxylic acids is 2. The molecular formula is C22H28FN3O2. The van der Waals surface area contributed by atoms with Crippen LogP contribution >= 0.6 is 0 Å². The Hall–Kier alpha value is -2.73. The maximum Gasteiger partial charge on any atom is 0.241 e. The van der Waals surface area contributed by atoms with Gasteiger partial charge in [-0.25, -0.2) is 4.39 Å². The third kappa shape index (κ3) is 5.89. The van der Waals surface area contributed by atoms with Crippen LogP contribution in [0.1, 0.15) is 38.7 Å². The highest BCUT2D eigenvalue weighted by atomic mass is 19.1. The van der Waals surface area contributed by atoms with Gasteiger partial charge in [0, 0.05) is 11.4 Å². The van der Waals surface area contributed by atoms with E-state index in [0.717, 1.165) is 17.7 Å². The number of carbonyl (C=O) groups is 2. The maximum atomic E-state index is 12.9. The van der Waals surface area contributed by atoms with Gasteiger partial charge < -0.3 is 10.6 Å². The molecule has 2 aromatic rings. The number of anilines is 2. The average molecular weight is 385 g/mol. The van der Waals surface area contributed by atoms with E-state index in [4.69, 9.17) is 0 Å². The number of nitrogens with one attached hydrogen (secondary N) is 2. The number of hydrogen-bond acceptors (Lipinski definition) is 3. The van der Waals surface area contributed by atoms with Crippen LogP contribution in [0.2, 0.25) is 0 Å². The van der Waals surface area contributed by atoms with E-state index in [-0.39, 0.29) is 24.2 Å². The summed E-state index contributed by atoms with van der Waals surface area (Å²) in [4.78, 5) is 26.5. The first-order chi connectivity index (χ1) is 13.3. The van der Waals surface area contributed by atoms with Crippen LogP contribution in [0, 0.1) is 5.82 Å². The van der Waals surface area contributed by atoms with Gasteiger partial charge >= 0.3 is 0 Å². The van der Waals surface area contributed by atoms with Crippen LogP contribution < -0.4 is 10.6 Å². The number of amides is 2. The Morgan fingerprint density at radius 1 is 1.04 bits per heavy atom. The van der Waals surface area contributed by atoms with Gasteiger partial charge in [0.05, 0.1) is 12.6 Å². The molecule has 2 atom stereocenters. The second kappa shape index (κ2) is 9.99. The minimum Gasteiger partial charge on any atom is -0.325 e. The smallest absolute Gasteiger partial charge is 0.241 e. The van der Waals surface area contributed by atoms with Gasteiger partial charge in [0.1, 0.15) is 5.82 Å². The molecule has 150 valence electrons. The fraction of sp³-hybridized carbons (Fsp3) is 0.364. The number of benzene rings is 2. The van der Waals surface area contributed by atoms with Crippen molar-refractivity contribution in [2.24, 2.45) is 0 Å². The summed E-state index contributed by atoms with van der Waals surface area (Å²) in [5, 5.41) is 5.68. The van der Waals surface area contributed by atoms with Crippen LogP contribution in [-0.2, 0) is 9.59 Å². The summed E-state index contributed by atoms with van der Waals surface area (Å²) < 4.78 is 12.9. The van der Waals surface area contributed by atoms with Gasteiger partial charge in [-0.05, 0) is 62.2 Å². The first kappa shape index (κ1) is 21.6. The molecule has 0 saturated heterocycles. The molecule has 2 amide bonds. The molecule has 0 aliphatic rings. The van der Waals surface area contributed by atoms with E-state index in [9.17, 15) is 14.0 Å². The first-order valence-electron chi connectivity index (χ1n) is 9.47. The first-order valence-corrected chi connectivity index (χ1v) is 9.47. The van der Waals surface area contributed by atoms with Gasteiger partial charge in [-0.15, -0.1) is 0 Å². The topological polar surface area (TPSA) is 61.4 Å². The van der Waals surface area contributed by atoms with E-state index >= 15 is 0 Å². The van der Waals surface area contributed by atoms with Crippen LogP contribution in [-0.4, -0.2) is 36.3 Å². The Labute approximate surface area is 165 Å². The predicted molar refractivity (Wildman–Crippen MR) is 111 cm³/mol. The number of likely N-dealkylation sites (N-methyl/N-ethyl adjacent to an activating group) is 1. The van der Waals surface area contributed by atoms with Crippen molar-refractivity contribution in [1.82, 2.24) is 4.90 Å². The lowest BCUT2D eigenvalue weighted by Crippen LogP contribution is -2.43. The zero-order valence-electron chi connectivity index (χ0n) is 16.8. The van der Waals surface area contributed by atoms with Crippen molar-refractivity contribution in [2.45, 2.75) is 39.2 Å². The van der Waals surface area contributed by atoms with E-state index in [1.807, 2.05) is 24.3 Å². The molecule has 0 heterocycles. The number of halogens is 1. The van der Waals surface area contributed by atoms with E-state index in [0.29, 0.717) is 11.6 Å². The number of hydrogen-bond donors (Lipinski definition) is 2. The summed E-state index contributed by atoms with van der Waals surface area (Å²) in [6.07, 6.45) is 0.978. The third-order valence-corrected chi connectivity index (χ3v) is 4.92. The molecule has 28 heavy (non-hydrogen) atoms. The van der Waals surface area contributed by atoms with Crippen molar-refractivity contribution < 1.29 is 14.0 Å². The van der Waals surface area contributed by atoms with Crippen LogP contribution in [0.5, 0.6) is 0 Å². The quantitative estimate of drug-likeness (QED) is 0.715. The van der Waals surface area contributed by atoms with Crippen molar-refractivity contribution in [3.8, 4) is 0 Å². The molecule has 0 saturated carbocycles. The Balaban J connectivity index is 1.95. The van der Waals surface area contributed by atoms with Crippen molar-refractivity contribution >= 4 is 23.2 Å². The highest BCUT2D eigenvalue weighted by Gasteiger charge is 2.21. The Morgan fingerprint density at radius 3 is 2.32 bits per heavy atom. The molecule has 2 N–H and O–H groups in total. The maximum absolute atomic E-state index is 12.9. The lowest BCUT2D eigenvalue weighted by atomic mass is 9.97. The molecule has 0 aliphatic heterocycles. The normalized spacial score (nSPS) is 13.1. The van der Waals surface area contributed by atoms with Gasteiger partial charge in [-0.2, -0.15) is 0 Å². The van der Waals surface area contributed by atoms with Crippen molar-refractivity contribution in [1.29, 1.82) is 0 Å². The second-order valence-corrected chi connectivity index (χ2v) is 7.03. The van der Waals surface area contributed by atoms with Crippen LogP contribution in [0.3, 0.4) is 0 Å². The predicted octanol–water partition coefficient (Wildman–Crippen LogP) is 4.24. The fourth-order valence-corrected chi connectivity index (χ4v) is 2.80. The van der Waals surface area contributed by atoms with Gasteiger partial charge in [-0.1, -0.05) is 32.0 Å². The largest absolute Gasteiger partial charge is 0.325 e. The monoisotopic (exact) mass is 385 g/mol. The fourth-order valence-electron chi connectivity index (χ4n) is 2.80. The minimum absolute atomic E-state index is 0.0406. The molecule has 0 fully saturated rings. The molecule has 0 aromatic heterocycles. The zero-order chi connectivity index (χ0) is 20.7. The molecule has 5 nitrogen and oxygen atoms in total. The summed E-state index contributed by atoms with van der Waals surface area (Å²) in [5.74, 6) is -0.467. The van der Waals surface area contributed by atoms with E-state index in [1.54, 1.807) is 18.9 Å². The van der Waals surface area contributed by atoms with Gasteiger partial charge in [0.2, 0.25) is 11.8 Å². The molecule has 0 bridgehead atoms. The number of para-hydroxylation sites is 1. The molecule has 0 aliphatic carbocycles. The molecule has 0 radical (unpaired) electrons. The van der Waals surface area contributed by atoms with Gasteiger partial charge in [0.15, 0.2) is 0 Å². The Bertz CT molecular complexity index is 808. The lowest BCUT2D eigenvalue weighted by Gasteiger charge is -2.24. The zero-order valence-corrected chi connectivity index (χ0v) is 16.8. The minimum atomic E-state index is -0.496. The van der Waals surface area contributed by atoms with Gasteiger partial charge in [-0.3, -0.25) is 14.5 Å². The standard InChI is InChI=1S/C22H28FN3O2/c1-5-15(2)19-8-6-7-9-20(19)25-22(28)16(3)26(4)14-21(27)24-18-12-10-17(23)11-13-18/h6-13,15-16H,5,14H2,1-4H3,(H,24,27)(H,25,28)/t15-,16+/m1/s1. The molecule has 0 spiro atoms.